The highest BCUT2D eigenvalue weighted by atomic mass is 32.1. The van der Waals surface area contributed by atoms with E-state index < -0.39 is 0 Å². The standard InChI is InChI=1S/C14H17N5OS/c20-14(10-7-15-8-10)19-4-2-18(3-5-19)12-11-1-6-21-13(11)17-9-16-12/h1,6,9-10,15H,2-5,7-8H2. The molecule has 0 saturated carbocycles. The first-order valence-corrected chi connectivity index (χ1v) is 8.13. The molecule has 0 radical (unpaired) electrons. The second-order valence-electron chi connectivity index (χ2n) is 5.50. The Bertz CT molecular complexity index is 660. The summed E-state index contributed by atoms with van der Waals surface area (Å²) in [5.41, 5.74) is 0. The second kappa shape index (κ2) is 5.23. The monoisotopic (exact) mass is 303 g/mol. The minimum absolute atomic E-state index is 0.194. The zero-order valence-corrected chi connectivity index (χ0v) is 12.5. The van der Waals surface area contributed by atoms with Crippen LogP contribution in [0.2, 0.25) is 0 Å². The number of fused-ring (bicyclic) bond motifs is 1. The van der Waals surface area contributed by atoms with Gasteiger partial charge in [-0.3, -0.25) is 4.79 Å². The zero-order chi connectivity index (χ0) is 14.2. The van der Waals surface area contributed by atoms with Crippen molar-refractivity contribution in [2.45, 2.75) is 0 Å². The number of amides is 1. The van der Waals surface area contributed by atoms with E-state index in [0.717, 1.165) is 55.3 Å². The van der Waals surface area contributed by atoms with Crippen molar-refractivity contribution in [3.8, 4) is 0 Å². The predicted octanol–water partition coefficient (Wildman–Crippen LogP) is 0.559. The van der Waals surface area contributed by atoms with Crippen molar-refractivity contribution in [1.29, 1.82) is 0 Å². The first-order chi connectivity index (χ1) is 10.3. The molecule has 1 N–H and O–H groups in total. The maximum Gasteiger partial charge on any atom is 0.228 e. The van der Waals surface area contributed by atoms with Crippen molar-refractivity contribution in [3.05, 3.63) is 17.8 Å². The molecule has 4 rings (SSSR count). The third kappa shape index (κ3) is 2.26. The molecule has 0 aromatic carbocycles. The maximum atomic E-state index is 12.2. The summed E-state index contributed by atoms with van der Waals surface area (Å²) in [5, 5.41) is 6.32. The van der Waals surface area contributed by atoms with E-state index in [2.05, 4.69) is 26.3 Å². The number of hydrogen-bond acceptors (Lipinski definition) is 6. The van der Waals surface area contributed by atoms with E-state index in [-0.39, 0.29) is 5.92 Å². The van der Waals surface area contributed by atoms with E-state index in [1.54, 1.807) is 17.7 Å². The lowest BCUT2D eigenvalue weighted by atomic mass is 10.0. The van der Waals surface area contributed by atoms with Gasteiger partial charge >= 0.3 is 0 Å². The van der Waals surface area contributed by atoms with E-state index in [9.17, 15) is 4.79 Å². The molecule has 110 valence electrons. The average Bonchev–Trinajstić information content (AvgIpc) is 2.94. The second-order valence-corrected chi connectivity index (χ2v) is 6.40. The Morgan fingerprint density at radius 1 is 1.24 bits per heavy atom. The summed E-state index contributed by atoms with van der Waals surface area (Å²) in [7, 11) is 0. The smallest absolute Gasteiger partial charge is 0.228 e. The topological polar surface area (TPSA) is 61.4 Å². The number of piperazine rings is 1. The molecule has 1 amide bonds. The van der Waals surface area contributed by atoms with Gasteiger partial charge in [0, 0.05) is 39.3 Å². The number of nitrogens with zero attached hydrogens (tertiary/aromatic N) is 4. The molecular weight excluding hydrogens is 286 g/mol. The van der Waals surface area contributed by atoms with Crippen molar-refractivity contribution < 1.29 is 4.79 Å². The molecule has 0 bridgehead atoms. The van der Waals surface area contributed by atoms with Crippen LogP contribution in [0.4, 0.5) is 5.82 Å². The number of aromatic nitrogens is 2. The summed E-state index contributed by atoms with van der Waals surface area (Å²) in [4.78, 5) is 26.3. The fourth-order valence-electron chi connectivity index (χ4n) is 2.89. The van der Waals surface area contributed by atoms with E-state index >= 15 is 0 Å². The largest absolute Gasteiger partial charge is 0.352 e. The zero-order valence-electron chi connectivity index (χ0n) is 11.7. The maximum absolute atomic E-state index is 12.2. The summed E-state index contributed by atoms with van der Waals surface area (Å²) >= 11 is 1.64. The van der Waals surface area contributed by atoms with Crippen LogP contribution in [-0.4, -0.2) is 60.0 Å². The van der Waals surface area contributed by atoms with Crippen molar-refractivity contribution in [2.24, 2.45) is 5.92 Å². The van der Waals surface area contributed by atoms with Crippen molar-refractivity contribution in [3.63, 3.8) is 0 Å². The molecule has 6 nitrogen and oxygen atoms in total. The van der Waals surface area contributed by atoms with E-state index in [4.69, 9.17) is 0 Å². The lowest BCUT2D eigenvalue weighted by Gasteiger charge is -2.39. The highest BCUT2D eigenvalue weighted by Crippen LogP contribution is 2.27. The van der Waals surface area contributed by atoms with Crippen molar-refractivity contribution >= 4 is 33.3 Å². The molecule has 2 fully saturated rings. The fourth-order valence-corrected chi connectivity index (χ4v) is 3.62. The Morgan fingerprint density at radius 2 is 2.05 bits per heavy atom. The van der Waals surface area contributed by atoms with Gasteiger partial charge < -0.3 is 15.1 Å². The first-order valence-electron chi connectivity index (χ1n) is 7.25. The molecule has 2 saturated heterocycles. The Labute approximate surface area is 126 Å². The predicted molar refractivity (Wildman–Crippen MR) is 82.6 cm³/mol. The van der Waals surface area contributed by atoms with Gasteiger partial charge in [-0.1, -0.05) is 0 Å². The molecule has 0 spiro atoms. The van der Waals surface area contributed by atoms with Gasteiger partial charge in [0.1, 0.15) is 17.0 Å². The van der Waals surface area contributed by atoms with Crippen LogP contribution in [0.3, 0.4) is 0 Å². The molecule has 21 heavy (non-hydrogen) atoms. The molecule has 2 aliphatic heterocycles. The van der Waals surface area contributed by atoms with E-state index in [0.29, 0.717) is 5.91 Å². The van der Waals surface area contributed by atoms with Gasteiger partial charge in [0.05, 0.1) is 11.3 Å². The fraction of sp³-hybridized carbons (Fsp3) is 0.500. The van der Waals surface area contributed by atoms with E-state index in [1.807, 2.05) is 10.3 Å². The highest BCUT2D eigenvalue weighted by molar-refractivity contribution is 7.16. The normalized spacial score (nSPS) is 19.8. The van der Waals surface area contributed by atoms with Gasteiger partial charge in [-0.05, 0) is 11.4 Å². The van der Waals surface area contributed by atoms with Gasteiger partial charge in [-0.2, -0.15) is 0 Å². The van der Waals surface area contributed by atoms with Gasteiger partial charge in [0.25, 0.3) is 0 Å². The molecular formula is C14H17N5OS. The molecule has 2 aromatic heterocycles. The Morgan fingerprint density at radius 3 is 2.76 bits per heavy atom. The van der Waals surface area contributed by atoms with Crippen LogP contribution in [0.5, 0.6) is 0 Å². The molecule has 0 aliphatic carbocycles. The molecule has 4 heterocycles. The molecule has 2 aliphatic rings. The molecule has 0 atom stereocenters. The first kappa shape index (κ1) is 13.0. The Kier molecular flexibility index (Phi) is 3.23. The summed E-state index contributed by atoms with van der Waals surface area (Å²) in [5.74, 6) is 1.50. The SMILES string of the molecule is O=C(C1CNC1)N1CCN(c2ncnc3sccc23)CC1. The summed E-state index contributed by atoms with van der Waals surface area (Å²) < 4.78 is 0. The molecule has 2 aromatic rings. The van der Waals surface area contributed by atoms with Gasteiger partial charge in [-0.25, -0.2) is 9.97 Å². The number of anilines is 1. The summed E-state index contributed by atoms with van der Waals surface area (Å²) in [6, 6.07) is 2.08. The molecule has 7 heteroatoms. The van der Waals surface area contributed by atoms with Crippen LogP contribution in [0, 0.1) is 5.92 Å². The van der Waals surface area contributed by atoms with Crippen molar-refractivity contribution in [2.75, 3.05) is 44.2 Å². The minimum Gasteiger partial charge on any atom is -0.352 e. The van der Waals surface area contributed by atoms with Crippen LogP contribution in [0.25, 0.3) is 10.2 Å². The average molecular weight is 303 g/mol. The highest BCUT2D eigenvalue weighted by Gasteiger charge is 2.31. The third-order valence-corrected chi connectivity index (χ3v) is 5.08. The summed E-state index contributed by atoms with van der Waals surface area (Å²) in [6.45, 7) is 4.92. The number of carbonyl (C=O) groups is 1. The van der Waals surface area contributed by atoms with Gasteiger partial charge in [0.2, 0.25) is 5.91 Å². The van der Waals surface area contributed by atoms with E-state index in [1.165, 1.54) is 0 Å². The quantitative estimate of drug-likeness (QED) is 0.878. The Balaban J connectivity index is 1.47. The summed E-state index contributed by atoms with van der Waals surface area (Å²) in [6.07, 6.45) is 1.63. The van der Waals surface area contributed by atoms with Crippen LogP contribution in [0.1, 0.15) is 0 Å². The number of nitrogens with one attached hydrogen (secondary N) is 1. The van der Waals surface area contributed by atoms with Crippen LogP contribution >= 0.6 is 11.3 Å². The van der Waals surface area contributed by atoms with Gasteiger partial charge in [-0.15, -0.1) is 11.3 Å². The van der Waals surface area contributed by atoms with Gasteiger partial charge in [0.15, 0.2) is 0 Å². The third-order valence-electron chi connectivity index (χ3n) is 4.26. The number of hydrogen-bond donors (Lipinski definition) is 1. The van der Waals surface area contributed by atoms with Crippen LogP contribution in [-0.2, 0) is 4.79 Å². The lowest BCUT2D eigenvalue weighted by Crippen LogP contribution is -2.56. The molecule has 0 unspecified atom stereocenters. The van der Waals surface area contributed by atoms with Crippen LogP contribution in [0.15, 0.2) is 17.8 Å². The number of thiophene rings is 1. The number of rotatable bonds is 2. The minimum atomic E-state index is 0.194. The lowest BCUT2D eigenvalue weighted by molar-refractivity contribution is -0.137. The van der Waals surface area contributed by atoms with Crippen LogP contribution < -0.4 is 10.2 Å². The Hall–Kier alpha value is -1.73. The number of carbonyl (C=O) groups excluding carboxylic acids is 1. The van der Waals surface area contributed by atoms with Crippen molar-refractivity contribution in [1.82, 2.24) is 20.2 Å².